The number of carbonyl (C=O) groups is 1. The SMILES string of the molecule is O=C1CN=C(c2ccc(O[C@@H]3CCc4cccnc43)c(C(F)(F)F)c2)NN1. The van der Waals surface area contributed by atoms with E-state index in [4.69, 9.17) is 4.74 Å². The van der Waals surface area contributed by atoms with Crippen molar-refractivity contribution >= 4 is 11.7 Å². The lowest BCUT2D eigenvalue weighted by molar-refractivity contribution is -0.139. The average Bonchev–Trinajstić information content (AvgIpc) is 3.05. The summed E-state index contributed by atoms with van der Waals surface area (Å²) in [4.78, 5) is 19.3. The Morgan fingerprint density at radius 1 is 1.19 bits per heavy atom. The van der Waals surface area contributed by atoms with Gasteiger partial charge in [-0.3, -0.25) is 25.6 Å². The van der Waals surface area contributed by atoms with Gasteiger partial charge in [-0.2, -0.15) is 13.2 Å². The number of carbonyl (C=O) groups excluding carboxylic acids is 1. The van der Waals surface area contributed by atoms with Crippen LogP contribution in [0, 0.1) is 0 Å². The van der Waals surface area contributed by atoms with Crippen LogP contribution < -0.4 is 15.6 Å². The smallest absolute Gasteiger partial charge is 0.419 e. The molecule has 1 aromatic heterocycles. The van der Waals surface area contributed by atoms with Crippen molar-refractivity contribution in [3.05, 3.63) is 58.9 Å². The summed E-state index contributed by atoms with van der Waals surface area (Å²) >= 11 is 0. The molecule has 0 unspecified atom stereocenters. The van der Waals surface area contributed by atoms with E-state index in [-0.39, 0.29) is 29.6 Å². The molecule has 2 aromatic rings. The van der Waals surface area contributed by atoms with E-state index >= 15 is 0 Å². The van der Waals surface area contributed by atoms with Gasteiger partial charge in [0.25, 0.3) is 5.91 Å². The summed E-state index contributed by atoms with van der Waals surface area (Å²) in [6.07, 6.45) is -2.22. The van der Waals surface area contributed by atoms with Gasteiger partial charge in [0.2, 0.25) is 0 Å². The Balaban J connectivity index is 1.66. The summed E-state index contributed by atoms with van der Waals surface area (Å²) in [7, 11) is 0. The van der Waals surface area contributed by atoms with E-state index in [1.54, 1.807) is 12.3 Å². The van der Waals surface area contributed by atoms with Crippen LogP contribution in [0.4, 0.5) is 13.2 Å². The van der Waals surface area contributed by atoms with Crippen molar-refractivity contribution in [3.8, 4) is 5.75 Å². The minimum atomic E-state index is -4.60. The van der Waals surface area contributed by atoms with Crippen LogP contribution in [0.1, 0.15) is 34.9 Å². The first-order chi connectivity index (χ1) is 12.9. The molecule has 140 valence electrons. The number of alkyl halides is 3. The van der Waals surface area contributed by atoms with Gasteiger partial charge >= 0.3 is 6.18 Å². The van der Waals surface area contributed by atoms with Crippen molar-refractivity contribution in [2.45, 2.75) is 25.1 Å². The summed E-state index contributed by atoms with van der Waals surface area (Å²) in [6, 6.07) is 7.42. The Labute approximate surface area is 152 Å². The third-order valence-electron chi connectivity index (χ3n) is 4.44. The van der Waals surface area contributed by atoms with Gasteiger partial charge in [-0.15, -0.1) is 0 Å². The molecule has 1 amide bonds. The number of amides is 1. The summed E-state index contributed by atoms with van der Waals surface area (Å²) in [5.41, 5.74) is 5.81. The second-order valence-corrected chi connectivity index (χ2v) is 6.24. The van der Waals surface area contributed by atoms with E-state index in [0.29, 0.717) is 18.5 Å². The number of nitrogens with zero attached hydrogens (tertiary/aromatic N) is 2. The highest BCUT2D eigenvalue weighted by Crippen LogP contribution is 2.41. The van der Waals surface area contributed by atoms with Crippen LogP contribution in [-0.2, 0) is 17.4 Å². The Kier molecular flexibility index (Phi) is 4.21. The number of aryl methyl sites for hydroxylation is 1. The quantitative estimate of drug-likeness (QED) is 0.863. The number of pyridine rings is 1. The van der Waals surface area contributed by atoms with Gasteiger partial charge in [0.15, 0.2) is 0 Å². The van der Waals surface area contributed by atoms with Crippen molar-refractivity contribution < 1.29 is 22.7 Å². The molecule has 0 fully saturated rings. The van der Waals surface area contributed by atoms with Crippen LogP contribution in [-0.4, -0.2) is 23.3 Å². The molecule has 0 radical (unpaired) electrons. The molecule has 0 bridgehead atoms. The number of aromatic nitrogens is 1. The minimum Gasteiger partial charge on any atom is -0.483 e. The molecule has 1 aromatic carbocycles. The summed E-state index contributed by atoms with van der Waals surface area (Å²) in [5.74, 6) is -0.447. The first-order valence-corrected chi connectivity index (χ1v) is 8.33. The molecule has 1 aliphatic carbocycles. The van der Waals surface area contributed by atoms with Crippen molar-refractivity contribution in [1.82, 2.24) is 15.8 Å². The molecule has 1 aliphatic heterocycles. The Morgan fingerprint density at radius 3 is 2.78 bits per heavy atom. The first-order valence-electron chi connectivity index (χ1n) is 8.33. The molecule has 0 saturated heterocycles. The lowest BCUT2D eigenvalue weighted by atomic mass is 10.1. The molecule has 6 nitrogen and oxygen atoms in total. The zero-order valence-corrected chi connectivity index (χ0v) is 14.0. The standard InChI is InChI=1S/C18H15F3N4O2/c19-18(20,21)12-8-11(17-23-9-15(26)24-25-17)4-5-13(12)27-14-6-3-10-2-1-7-22-16(10)14/h1-2,4-5,7-8,14H,3,6,9H2,(H,23,25)(H,24,26)/t14-/m1/s1. The summed E-state index contributed by atoms with van der Waals surface area (Å²) in [5, 5.41) is 0. The highest BCUT2D eigenvalue weighted by Gasteiger charge is 2.37. The molecule has 27 heavy (non-hydrogen) atoms. The molecule has 2 heterocycles. The van der Waals surface area contributed by atoms with Crippen molar-refractivity contribution in [1.29, 1.82) is 0 Å². The van der Waals surface area contributed by atoms with E-state index in [1.165, 1.54) is 12.1 Å². The van der Waals surface area contributed by atoms with Crippen LogP contribution >= 0.6 is 0 Å². The van der Waals surface area contributed by atoms with Crippen LogP contribution in [0.5, 0.6) is 5.75 Å². The fourth-order valence-electron chi connectivity index (χ4n) is 3.17. The number of ether oxygens (including phenoxy) is 1. The average molecular weight is 376 g/mol. The number of hydrogen-bond donors (Lipinski definition) is 2. The van der Waals surface area contributed by atoms with E-state index in [1.807, 2.05) is 6.07 Å². The predicted molar refractivity (Wildman–Crippen MR) is 90.1 cm³/mol. The molecule has 0 saturated carbocycles. The molecule has 1 atom stereocenters. The van der Waals surface area contributed by atoms with Crippen LogP contribution in [0.2, 0.25) is 0 Å². The van der Waals surface area contributed by atoms with Crippen molar-refractivity contribution in [3.63, 3.8) is 0 Å². The number of fused-ring (bicyclic) bond motifs is 1. The van der Waals surface area contributed by atoms with Gasteiger partial charge < -0.3 is 4.74 Å². The molecule has 4 rings (SSSR count). The van der Waals surface area contributed by atoms with E-state index < -0.39 is 17.8 Å². The molecule has 2 aliphatic rings. The third kappa shape index (κ3) is 3.44. The fraction of sp³-hybridized carbons (Fsp3) is 0.278. The van der Waals surface area contributed by atoms with Gasteiger partial charge in [0.05, 0.1) is 11.3 Å². The van der Waals surface area contributed by atoms with E-state index in [2.05, 4.69) is 20.8 Å². The molecular weight excluding hydrogens is 361 g/mol. The topological polar surface area (TPSA) is 75.6 Å². The maximum absolute atomic E-state index is 13.6. The van der Waals surface area contributed by atoms with Gasteiger partial charge in [0, 0.05) is 11.8 Å². The number of hydrogen-bond acceptors (Lipinski definition) is 5. The lowest BCUT2D eigenvalue weighted by Crippen LogP contribution is -2.47. The number of benzene rings is 1. The Morgan fingerprint density at radius 2 is 2.04 bits per heavy atom. The maximum atomic E-state index is 13.6. The monoisotopic (exact) mass is 376 g/mol. The van der Waals surface area contributed by atoms with Gasteiger partial charge in [-0.1, -0.05) is 6.07 Å². The minimum absolute atomic E-state index is 0.146. The van der Waals surface area contributed by atoms with Crippen LogP contribution in [0.3, 0.4) is 0 Å². The zero-order chi connectivity index (χ0) is 19.0. The predicted octanol–water partition coefficient (Wildman–Crippen LogP) is 2.55. The van der Waals surface area contributed by atoms with Crippen LogP contribution in [0.15, 0.2) is 41.5 Å². The number of rotatable bonds is 3. The fourth-order valence-corrected chi connectivity index (χ4v) is 3.17. The van der Waals surface area contributed by atoms with E-state index in [9.17, 15) is 18.0 Å². The first kappa shape index (κ1) is 17.3. The Bertz CT molecular complexity index is 927. The highest BCUT2D eigenvalue weighted by molar-refractivity contribution is 6.02. The lowest BCUT2D eigenvalue weighted by Gasteiger charge is -2.21. The van der Waals surface area contributed by atoms with Crippen LogP contribution in [0.25, 0.3) is 0 Å². The number of nitrogens with one attached hydrogen (secondary N) is 2. The molecular formula is C18H15F3N4O2. The third-order valence-corrected chi connectivity index (χ3v) is 4.44. The normalized spacial score (nSPS) is 19.0. The van der Waals surface area contributed by atoms with Crippen molar-refractivity contribution in [2.24, 2.45) is 4.99 Å². The largest absolute Gasteiger partial charge is 0.483 e. The number of amidine groups is 1. The summed E-state index contributed by atoms with van der Waals surface area (Å²) in [6.45, 7) is -0.146. The van der Waals surface area contributed by atoms with E-state index in [0.717, 1.165) is 11.6 Å². The number of hydrazine groups is 1. The second-order valence-electron chi connectivity index (χ2n) is 6.24. The number of halogens is 3. The molecule has 2 N–H and O–H groups in total. The molecule has 0 spiro atoms. The van der Waals surface area contributed by atoms with Gasteiger partial charge in [-0.05, 0) is 42.7 Å². The van der Waals surface area contributed by atoms with Crippen molar-refractivity contribution in [2.75, 3.05) is 6.54 Å². The molecule has 9 heteroatoms. The Hall–Kier alpha value is -3.10. The summed E-state index contributed by atoms with van der Waals surface area (Å²) < 4.78 is 46.5. The second kappa shape index (κ2) is 6.57. The van der Waals surface area contributed by atoms with Gasteiger partial charge in [0.1, 0.15) is 24.2 Å². The number of aliphatic imine (C=N–C) groups is 1. The maximum Gasteiger partial charge on any atom is 0.419 e. The van der Waals surface area contributed by atoms with Gasteiger partial charge in [-0.25, -0.2) is 0 Å². The highest BCUT2D eigenvalue weighted by atomic mass is 19.4. The zero-order valence-electron chi connectivity index (χ0n) is 14.0.